The first kappa shape index (κ1) is 16.2. The molecule has 0 fully saturated rings. The summed E-state index contributed by atoms with van der Waals surface area (Å²) in [4.78, 5) is 0. The summed E-state index contributed by atoms with van der Waals surface area (Å²) in [5.41, 5.74) is 2.57. The maximum Gasteiger partial charge on any atom is 0.406 e. The predicted molar refractivity (Wildman–Crippen MR) is 67.3 cm³/mol. The van der Waals surface area contributed by atoms with Gasteiger partial charge in [0.05, 0.1) is 18.3 Å². The standard InChI is InChI=1S/C12H20NO3P/c1-11(2)15-17(14,16-12(3)4)10-8-6-5-7-9-13/h11-12H,5-7H2,1-4H3. The quantitative estimate of drug-likeness (QED) is 0.413. The third kappa shape index (κ3) is 8.95. The van der Waals surface area contributed by atoms with E-state index in [0.717, 1.165) is 0 Å². The molecule has 0 spiro atoms. The molecule has 0 aromatic carbocycles. The van der Waals surface area contributed by atoms with Gasteiger partial charge in [0.15, 0.2) is 0 Å². The van der Waals surface area contributed by atoms with E-state index in [4.69, 9.17) is 14.3 Å². The van der Waals surface area contributed by atoms with Gasteiger partial charge < -0.3 is 0 Å². The van der Waals surface area contributed by atoms with Crippen LogP contribution >= 0.6 is 7.60 Å². The largest absolute Gasteiger partial charge is 0.406 e. The maximum absolute atomic E-state index is 12.2. The molecule has 5 heteroatoms. The van der Waals surface area contributed by atoms with Gasteiger partial charge in [-0.25, -0.2) is 4.57 Å². The van der Waals surface area contributed by atoms with Gasteiger partial charge in [0.2, 0.25) is 0 Å². The summed E-state index contributed by atoms with van der Waals surface area (Å²) in [6, 6.07) is 2.03. The molecular weight excluding hydrogens is 237 g/mol. The molecule has 17 heavy (non-hydrogen) atoms. The highest BCUT2D eigenvalue weighted by Crippen LogP contribution is 2.49. The molecule has 0 bridgehead atoms. The van der Waals surface area contributed by atoms with Crippen molar-refractivity contribution in [2.75, 3.05) is 0 Å². The summed E-state index contributed by atoms with van der Waals surface area (Å²) in [6.07, 6.45) is 1.25. The fourth-order valence-electron chi connectivity index (χ4n) is 1.04. The van der Waals surface area contributed by atoms with E-state index in [1.807, 2.05) is 6.07 Å². The Labute approximate surface area is 104 Å². The van der Waals surface area contributed by atoms with Crippen LogP contribution in [-0.2, 0) is 13.6 Å². The number of hydrogen-bond donors (Lipinski definition) is 0. The van der Waals surface area contributed by atoms with Gasteiger partial charge in [0.25, 0.3) is 0 Å². The van der Waals surface area contributed by atoms with E-state index in [2.05, 4.69) is 11.6 Å². The Morgan fingerprint density at radius 3 is 2.06 bits per heavy atom. The lowest BCUT2D eigenvalue weighted by atomic mass is 10.3. The number of hydrogen-bond acceptors (Lipinski definition) is 4. The normalized spacial score (nSPS) is 11.1. The van der Waals surface area contributed by atoms with E-state index in [-0.39, 0.29) is 12.2 Å². The number of rotatable bonds is 6. The van der Waals surface area contributed by atoms with Gasteiger partial charge in [-0.05, 0) is 34.1 Å². The van der Waals surface area contributed by atoms with Crippen LogP contribution in [0.4, 0.5) is 0 Å². The Kier molecular flexibility index (Phi) is 7.92. The minimum atomic E-state index is -3.32. The third-order valence-corrected chi connectivity index (χ3v) is 3.34. The second kappa shape index (κ2) is 8.31. The van der Waals surface area contributed by atoms with Gasteiger partial charge in [0.1, 0.15) is 0 Å². The van der Waals surface area contributed by atoms with E-state index in [9.17, 15) is 4.57 Å². The number of nitriles is 1. The fourth-order valence-corrected chi connectivity index (χ4v) is 2.61. The molecule has 0 aliphatic rings. The highest BCUT2D eigenvalue weighted by atomic mass is 31.2. The SMILES string of the molecule is CC(C)OP(=O)(C#CCCCC#N)OC(C)C. The van der Waals surface area contributed by atoms with Crippen LogP contribution < -0.4 is 0 Å². The molecule has 0 aromatic heterocycles. The molecule has 0 amide bonds. The van der Waals surface area contributed by atoms with Gasteiger partial charge in [-0.3, -0.25) is 9.05 Å². The molecule has 0 saturated heterocycles. The Morgan fingerprint density at radius 1 is 1.12 bits per heavy atom. The molecule has 96 valence electrons. The van der Waals surface area contributed by atoms with Crippen LogP contribution in [0.25, 0.3) is 0 Å². The van der Waals surface area contributed by atoms with Crippen molar-refractivity contribution >= 4 is 7.60 Å². The average molecular weight is 257 g/mol. The zero-order chi connectivity index (χ0) is 13.3. The Hall–Kier alpha value is -0.800. The summed E-state index contributed by atoms with van der Waals surface area (Å²) in [7, 11) is -3.32. The number of unbranched alkanes of at least 4 members (excludes halogenated alkanes) is 2. The Morgan fingerprint density at radius 2 is 1.65 bits per heavy atom. The maximum atomic E-state index is 12.2. The predicted octanol–water partition coefficient (Wildman–Crippen LogP) is 3.68. The molecule has 4 nitrogen and oxygen atoms in total. The second-order valence-electron chi connectivity index (χ2n) is 4.11. The lowest BCUT2D eigenvalue weighted by Crippen LogP contribution is -2.06. The van der Waals surface area contributed by atoms with Crippen LogP contribution in [0.15, 0.2) is 0 Å². The smallest absolute Gasteiger partial charge is 0.297 e. The summed E-state index contributed by atoms with van der Waals surface area (Å²) in [6.45, 7) is 7.14. The van der Waals surface area contributed by atoms with Crippen molar-refractivity contribution in [3.63, 3.8) is 0 Å². The third-order valence-electron chi connectivity index (χ3n) is 1.51. The van der Waals surface area contributed by atoms with E-state index >= 15 is 0 Å². The summed E-state index contributed by atoms with van der Waals surface area (Å²) >= 11 is 0. The average Bonchev–Trinajstić information content (AvgIpc) is 2.14. The van der Waals surface area contributed by atoms with Crippen molar-refractivity contribution in [3.05, 3.63) is 0 Å². The minimum absolute atomic E-state index is 0.201. The first-order chi connectivity index (χ1) is 7.89. The van der Waals surface area contributed by atoms with Gasteiger partial charge in [-0.1, -0.05) is 5.92 Å². The van der Waals surface area contributed by atoms with Crippen LogP contribution in [0.1, 0.15) is 47.0 Å². The molecule has 0 atom stereocenters. The monoisotopic (exact) mass is 257 g/mol. The molecule has 0 aromatic rings. The fraction of sp³-hybridized carbons (Fsp3) is 0.750. The molecule has 0 aliphatic heterocycles. The molecule has 0 rings (SSSR count). The number of nitrogens with zero attached hydrogens (tertiary/aromatic N) is 1. The van der Waals surface area contributed by atoms with Gasteiger partial charge in [-0.15, -0.1) is 0 Å². The van der Waals surface area contributed by atoms with Crippen LogP contribution in [0.5, 0.6) is 0 Å². The van der Waals surface area contributed by atoms with Crippen LogP contribution in [0, 0.1) is 22.9 Å². The molecule has 0 heterocycles. The second-order valence-corrected chi connectivity index (χ2v) is 5.75. The van der Waals surface area contributed by atoms with E-state index < -0.39 is 7.60 Å². The zero-order valence-electron chi connectivity index (χ0n) is 10.9. The van der Waals surface area contributed by atoms with Gasteiger partial charge >= 0.3 is 7.60 Å². The van der Waals surface area contributed by atoms with E-state index in [1.54, 1.807) is 27.7 Å². The molecule has 0 N–H and O–H groups in total. The van der Waals surface area contributed by atoms with Crippen molar-refractivity contribution in [1.29, 1.82) is 5.26 Å². The summed E-state index contributed by atoms with van der Waals surface area (Å²) in [5.74, 6) is 2.76. The van der Waals surface area contributed by atoms with Crippen molar-refractivity contribution in [2.45, 2.75) is 59.2 Å². The Balaban J connectivity index is 4.48. The van der Waals surface area contributed by atoms with E-state index in [1.165, 1.54) is 0 Å². The topological polar surface area (TPSA) is 59.3 Å². The Bertz CT molecular complexity index is 346. The van der Waals surface area contributed by atoms with Crippen LogP contribution in [-0.4, -0.2) is 12.2 Å². The van der Waals surface area contributed by atoms with Gasteiger partial charge in [-0.2, -0.15) is 5.26 Å². The molecule has 0 radical (unpaired) electrons. The first-order valence-electron chi connectivity index (χ1n) is 5.73. The van der Waals surface area contributed by atoms with Gasteiger partial charge in [0, 0.05) is 18.5 Å². The van der Waals surface area contributed by atoms with Crippen molar-refractivity contribution in [2.24, 2.45) is 0 Å². The van der Waals surface area contributed by atoms with Crippen molar-refractivity contribution in [1.82, 2.24) is 0 Å². The highest BCUT2D eigenvalue weighted by Gasteiger charge is 2.24. The highest BCUT2D eigenvalue weighted by molar-refractivity contribution is 7.59. The van der Waals surface area contributed by atoms with Crippen LogP contribution in [0.2, 0.25) is 0 Å². The zero-order valence-corrected chi connectivity index (χ0v) is 11.8. The van der Waals surface area contributed by atoms with E-state index in [0.29, 0.717) is 19.3 Å². The summed E-state index contributed by atoms with van der Waals surface area (Å²) in [5, 5.41) is 8.36. The molecule has 0 unspecified atom stereocenters. The molecule has 0 saturated carbocycles. The lowest BCUT2D eigenvalue weighted by Gasteiger charge is -2.17. The molecular formula is C12H20NO3P. The minimum Gasteiger partial charge on any atom is -0.297 e. The van der Waals surface area contributed by atoms with Crippen molar-refractivity contribution in [3.8, 4) is 17.7 Å². The summed E-state index contributed by atoms with van der Waals surface area (Å²) < 4.78 is 22.7. The lowest BCUT2D eigenvalue weighted by molar-refractivity contribution is 0.151. The van der Waals surface area contributed by atoms with Crippen LogP contribution in [0.3, 0.4) is 0 Å². The first-order valence-corrected chi connectivity index (χ1v) is 7.28. The van der Waals surface area contributed by atoms with Crippen molar-refractivity contribution < 1.29 is 13.6 Å². The molecule has 0 aliphatic carbocycles.